The number of carbonyl (C=O) groups is 2. The zero-order valence-electron chi connectivity index (χ0n) is 13.3. The molecule has 0 atom stereocenters. The van der Waals surface area contributed by atoms with E-state index in [0.717, 1.165) is 41.9 Å². The van der Waals surface area contributed by atoms with Crippen molar-refractivity contribution in [3.63, 3.8) is 0 Å². The molecule has 1 aliphatic heterocycles. The third-order valence-electron chi connectivity index (χ3n) is 4.00. The van der Waals surface area contributed by atoms with E-state index < -0.39 is 0 Å². The van der Waals surface area contributed by atoms with E-state index in [1.165, 1.54) is 11.8 Å². The SMILES string of the molecule is CC(=O)N(CC(=O)N1CCN(C)CC1)c1ccc(C)c(Br)c1. The lowest BCUT2D eigenvalue weighted by Crippen LogP contribution is -2.50. The Labute approximate surface area is 140 Å². The lowest BCUT2D eigenvalue weighted by Gasteiger charge is -2.34. The fraction of sp³-hybridized carbons (Fsp3) is 0.500. The van der Waals surface area contributed by atoms with E-state index in [4.69, 9.17) is 0 Å². The first-order valence-corrected chi connectivity index (χ1v) is 8.18. The molecule has 1 aromatic carbocycles. The largest absolute Gasteiger partial charge is 0.339 e. The van der Waals surface area contributed by atoms with Crippen molar-refractivity contribution in [2.45, 2.75) is 13.8 Å². The Kier molecular flexibility index (Phi) is 5.58. The summed E-state index contributed by atoms with van der Waals surface area (Å²) in [7, 11) is 2.05. The highest BCUT2D eigenvalue weighted by Crippen LogP contribution is 2.24. The second-order valence-electron chi connectivity index (χ2n) is 5.72. The van der Waals surface area contributed by atoms with Crippen LogP contribution in [-0.2, 0) is 9.59 Å². The maximum Gasteiger partial charge on any atom is 0.242 e. The molecular formula is C16H22BrN3O2. The molecule has 120 valence electrons. The van der Waals surface area contributed by atoms with E-state index in [2.05, 4.69) is 20.8 Å². The summed E-state index contributed by atoms with van der Waals surface area (Å²) in [6.07, 6.45) is 0. The molecule has 0 aromatic heterocycles. The quantitative estimate of drug-likeness (QED) is 0.819. The number of nitrogens with zero attached hydrogens (tertiary/aromatic N) is 3. The van der Waals surface area contributed by atoms with E-state index in [-0.39, 0.29) is 18.4 Å². The van der Waals surface area contributed by atoms with Gasteiger partial charge in [0, 0.05) is 43.3 Å². The van der Waals surface area contributed by atoms with Crippen molar-refractivity contribution in [3.8, 4) is 0 Å². The van der Waals surface area contributed by atoms with Crippen LogP contribution in [0.25, 0.3) is 0 Å². The Hall–Kier alpha value is -1.40. The molecule has 0 radical (unpaired) electrons. The molecule has 6 heteroatoms. The summed E-state index contributed by atoms with van der Waals surface area (Å²) in [4.78, 5) is 30.0. The third kappa shape index (κ3) is 4.08. The molecule has 1 heterocycles. The van der Waals surface area contributed by atoms with Crippen molar-refractivity contribution in [2.24, 2.45) is 0 Å². The summed E-state index contributed by atoms with van der Waals surface area (Å²) >= 11 is 3.47. The summed E-state index contributed by atoms with van der Waals surface area (Å²) in [5.74, 6) is -0.127. The Morgan fingerprint density at radius 1 is 1.23 bits per heavy atom. The van der Waals surface area contributed by atoms with Crippen LogP contribution in [0.2, 0.25) is 0 Å². The van der Waals surface area contributed by atoms with Crippen LogP contribution in [0.15, 0.2) is 22.7 Å². The smallest absolute Gasteiger partial charge is 0.242 e. The average Bonchev–Trinajstić information content (AvgIpc) is 2.48. The van der Waals surface area contributed by atoms with E-state index in [1.54, 1.807) is 0 Å². The van der Waals surface area contributed by atoms with Gasteiger partial charge in [-0.2, -0.15) is 0 Å². The summed E-state index contributed by atoms with van der Waals surface area (Å²) in [5.41, 5.74) is 1.84. The molecule has 0 saturated carbocycles. The van der Waals surface area contributed by atoms with Crippen LogP contribution >= 0.6 is 15.9 Å². The molecular weight excluding hydrogens is 346 g/mol. The molecule has 22 heavy (non-hydrogen) atoms. The number of amides is 2. The molecule has 0 N–H and O–H groups in total. The molecule has 1 aromatic rings. The van der Waals surface area contributed by atoms with Gasteiger partial charge in [-0.1, -0.05) is 22.0 Å². The van der Waals surface area contributed by atoms with Gasteiger partial charge in [-0.25, -0.2) is 0 Å². The molecule has 0 unspecified atom stereocenters. The fourth-order valence-corrected chi connectivity index (χ4v) is 2.79. The lowest BCUT2D eigenvalue weighted by atomic mass is 10.2. The number of piperazine rings is 1. The number of likely N-dealkylation sites (N-methyl/N-ethyl adjacent to an activating group) is 1. The summed E-state index contributed by atoms with van der Waals surface area (Å²) in [6.45, 7) is 6.77. The second-order valence-corrected chi connectivity index (χ2v) is 6.58. The van der Waals surface area contributed by atoms with Crippen molar-refractivity contribution < 1.29 is 9.59 Å². The Balaban J connectivity index is 2.10. The predicted octanol–water partition coefficient (Wildman–Crippen LogP) is 1.88. The van der Waals surface area contributed by atoms with Gasteiger partial charge in [-0.3, -0.25) is 9.59 Å². The van der Waals surface area contributed by atoms with Gasteiger partial charge in [-0.15, -0.1) is 0 Å². The number of carbonyl (C=O) groups excluding carboxylic acids is 2. The Morgan fingerprint density at radius 2 is 1.86 bits per heavy atom. The van der Waals surface area contributed by atoms with Gasteiger partial charge in [0.25, 0.3) is 0 Å². The first-order chi connectivity index (χ1) is 10.4. The minimum atomic E-state index is -0.127. The van der Waals surface area contributed by atoms with E-state index in [0.29, 0.717) is 0 Å². The first kappa shape index (κ1) is 17.0. The normalized spacial score (nSPS) is 15.7. The number of aryl methyl sites for hydroxylation is 1. The maximum absolute atomic E-state index is 12.4. The molecule has 1 fully saturated rings. The van der Waals surface area contributed by atoms with Crippen molar-refractivity contribution in [3.05, 3.63) is 28.2 Å². The Morgan fingerprint density at radius 3 is 2.41 bits per heavy atom. The van der Waals surface area contributed by atoms with Gasteiger partial charge in [-0.05, 0) is 31.7 Å². The van der Waals surface area contributed by atoms with Crippen LogP contribution in [0.4, 0.5) is 5.69 Å². The number of halogens is 1. The molecule has 5 nitrogen and oxygen atoms in total. The molecule has 1 saturated heterocycles. The van der Waals surface area contributed by atoms with Gasteiger partial charge < -0.3 is 14.7 Å². The molecule has 0 spiro atoms. The zero-order chi connectivity index (χ0) is 16.3. The highest BCUT2D eigenvalue weighted by Gasteiger charge is 2.23. The number of benzene rings is 1. The van der Waals surface area contributed by atoms with Gasteiger partial charge in [0.05, 0.1) is 0 Å². The van der Waals surface area contributed by atoms with Crippen LogP contribution in [-0.4, -0.2) is 61.4 Å². The minimum absolute atomic E-state index is 0.00000236. The number of anilines is 1. The summed E-state index contributed by atoms with van der Waals surface area (Å²) in [5, 5.41) is 0. The lowest BCUT2D eigenvalue weighted by molar-refractivity contribution is -0.132. The van der Waals surface area contributed by atoms with Crippen molar-refractivity contribution in [1.29, 1.82) is 0 Å². The van der Waals surface area contributed by atoms with Crippen LogP contribution < -0.4 is 4.90 Å². The van der Waals surface area contributed by atoms with Gasteiger partial charge in [0.2, 0.25) is 11.8 Å². The number of hydrogen-bond acceptors (Lipinski definition) is 3. The Bertz CT molecular complexity index is 569. The van der Waals surface area contributed by atoms with Gasteiger partial charge in [0.15, 0.2) is 0 Å². The van der Waals surface area contributed by atoms with E-state index >= 15 is 0 Å². The van der Waals surface area contributed by atoms with Crippen LogP contribution in [0.1, 0.15) is 12.5 Å². The average molecular weight is 368 g/mol. The van der Waals surface area contributed by atoms with E-state index in [1.807, 2.05) is 37.1 Å². The maximum atomic E-state index is 12.4. The van der Waals surface area contributed by atoms with E-state index in [9.17, 15) is 9.59 Å². The van der Waals surface area contributed by atoms with Crippen molar-refractivity contribution in [2.75, 3.05) is 44.7 Å². The first-order valence-electron chi connectivity index (χ1n) is 7.39. The summed E-state index contributed by atoms with van der Waals surface area (Å²) < 4.78 is 0.934. The van der Waals surface area contributed by atoms with Crippen molar-refractivity contribution in [1.82, 2.24) is 9.80 Å². The van der Waals surface area contributed by atoms with Crippen LogP contribution in [0, 0.1) is 6.92 Å². The molecule has 2 amide bonds. The second kappa shape index (κ2) is 7.24. The molecule has 0 aliphatic carbocycles. The molecule has 2 rings (SSSR count). The predicted molar refractivity (Wildman–Crippen MR) is 91.0 cm³/mol. The third-order valence-corrected chi connectivity index (χ3v) is 4.85. The standard InChI is InChI=1S/C16H22BrN3O2/c1-12-4-5-14(10-15(12)17)20(13(2)21)11-16(22)19-8-6-18(3)7-9-19/h4-5,10H,6-9,11H2,1-3H3. The minimum Gasteiger partial charge on any atom is -0.339 e. The monoisotopic (exact) mass is 367 g/mol. The number of rotatable bonds is 3. The zero-order valence-corrected chi connectivity index (χ0v) is 14.9. The topological polar surface area (TPSA) is 43.9 Å². The van der Waals surface area contributed by atoms with Gasteiger partial charge >= 0.3 is 0 Å². The van der Waals surface area contributed by atoms with Crippen LogP contribution in [0.5, 0.6) is 0 Å². The highest BCUT2D eigenvalue weighted by molar-refractivity contribution is 9.10. The number of hydrogen-bond donors (Lipinski definition) is 0. The highest BCUT2D eigenvalue weighted by atomic mass is 79.9. The molecule has 1 aliphatic rings. The van der Waals surface area contributed by atoms with Crippen LogP contribution in [0.3, 0.4) is 0 Å². The summed E-state index contributed by atoms with van der Waals surface area (Å²) in [6, 6.07) is 5.70. The van der Waals surface area contributed by atoms with Gasteiger partial charge in [0.1, 0.15) is 6.54 Å². The fourth-order valence-electron chi connectivity index (χ4n) is 2.43. The van der Waals surface area contributed by atoms with Crippen molar-refractivity contribution >= 4 is 33.4 Å². The molecule has 0 bridgehead atoms.